The second-order valence-corrected chi connectivity index (χ2v) is 4.03. The Morgan fingerprint density at radius 3 is 2.60 bits per heavy atom. The first-order valence-electron chi connectivity index (χ1n) is 5.74. The van der Waals surface area contributed by atoms with Crippen molar-refractivity contribution in [2.24, 2.45) is 0 Å². The van der Waals surface area contributed by atoms with Crippen molar-refractivity contribution in [2.75, 3.05) is 6.61 Å². The van der Waals surface area contributed by atoms with Gasteiger partial charge in [0.05, 0.1) is 12.2 Å². The van der Waals surface area contributed by atoms with Crippen LogP contribution in [-0.2, 0) is 10.9 Å². The molecule has 0 amide bonds. The van der Waals surface area contributed by atoms with Crippen LogP contribution < -0.4 is 5.43 Å². The zero-order valence-electron chi connectivity index (χ0n) is 10.4. The highest BCUT2D eigenvalue weighted by molar-refractivity contribution is 5.94. The second kappa shape index (κ2) is 4.99. The van der Waals surface area contributed by atoms with Gasteiger partial charge < -0.3 is 9.72 Å². The Bertz CT molecular complexity index is 719. The number of esters is 1. The fraction of sp³-hybridized carbons (Fsp3) is 0.231. The van der Waals surface area contributed by atoms with Gasteiger partial charge in [0.15, 0.2) is 5.43 Å². The van der Waals surface area contributed by atoms with Crippen LogP contribution in [0, 0.1) is 0 Å². The number of carbonyl (C=O) groups excluding carboxylic acids is 1. The predicted octanol–water partition coefficient (Wildman–Crippen LogP) is 2.72. The molecule has 0 unspecified atom stereocenters. The predicted molar refractivity (Wildman–Crippen MR) is 65.5 cm³/mol. The lowest BCUT2D eigenvalue weighted by atomic mass is 10.1. The third-order valence-corrected chi connectivity index (χ3v) is 2.65. The third kappa shape index (κ3) is 2.66. The van der Waals surface area contributed by atoms with Gasteiger partial charge in [-0.2, -0.15) is 13.2 Å². The quantitative estimate of drug-likeness (QED) is 0.863. The zero-order chi connectivity index (χ0) is 14.9. The maximum atomic E-state index is 12.6. The van der Waals surface area contributed by atoms with Crippen molar-refractivity contribution in [3.8, 4) is 0 Å². The van der Waals surface area contributed by atoms with Crippen molar-refractivity contribution in [1.29, 1.82) is 0 Å². The molecule has 1 N–H and O–H groups in total. The molecule has 1 aromatic carbocycles. The molecular weight excluding hydrogens is 275 g/mol. The number of benzene rings is 1. The van der Waals surface area contributed by atoms with Gasteiger partial charge in [0.2, 0.25) is 0 Å². The van der Waals surface area contributed by atoms with Gasteiger partial charge in [0.1, 0.15) is 5.69 Å². The molecule has 4 nitrogen and oxygen atoms in total. The summed E-state index contributed by atoms with van der Waals surface area (Å²) in [4.78, 5) is 25.3. The van der Waals surface area contributed by atoms with Gasteiger partial charge in [-0.15, -0.1) is 0 Å². The van der Waals surface area contributed by atoms with E-state index in [0.29, 0.717) is 6.07 Å². The number of carbonyl (C=O) groups is 1. The number of H-pyrrole nitrogens is 1. The van der Waals surface area contributed by atoms with Crippen LogP contribution in [0.5, 0.6) is 0 Å². The number of nitrogens with one attached hydrogen (secondary N) is 1. The first kappa shape index (κ1) is 14.1. The van der Waals surface area contributed by atoms with E-state index in [-0.39, 0.29) is 23.1 Å². The highest BCUT2D eigenvalue weighted by atomic mass is 19.4. The van der Waals surface area contributed by atoms with Gasteiger partial charge in [-0.25, -0.2) is 4.79 Å². The minimum absolute atomic E-state index is 0.00329. The smallest absolute Gasteiger partial charge is 0.431 e. The standard InChI is InChI=1S/C13H10F3NO3/c1-2-20-12(19)7-3-4-9-8(5-7)10(18)6-11(17-9)13(14,15)16/h3-6H,2H2,1H3,(H,17,18). The fourth-order valence-corrected chi connectivity index (χ4v) is 1.74. The molecule has 1 aromatic heterocycles. The topological polar surface area (TPSA) is 59.2 Å². The lowest BCUT2D eigenvalue weighted by molar-refractivity contribution is -0.141. The van der Waals surface area contributed by atoms with E-state index in [1.54, 1.807) is 6.92 Å². The molecule has 0 aliphatic heterocycles. The summed E-state index contributed by atoms with van der Waals surface area (Å²) in [6.45, 7) is 1.79. The van der Waals surface area contributed by atoms with Crippen LogP contribution in [0.4, 0.5) is 13.2 Å². The summed E-state index contributed by atoms with van der Waals surface area (Å²) in [7, 11) is 0. The first-order chi connectivity index (χ1) is 9.32. The minimum atomic E-state index is -4.63. The average Bonchev–Trinajstić information content (AvgIpc) is 2.37. The molecule has 2 aromatic rings. The van der Waals surface area contributed by atoms with E-state index in [4.69, 9.17) is 4.74 Å². The van der Waals surface area contributed by atoms with E-state index in [2.05, 4.69) is 4.98 Å². The van der Waals surface area contributed by atoms with Gasteiger partial charge >= 0.3 is 12.1 Å². The van der Waals surface area contributed by atoms with Crippen molar-refractivity contribution in [1.82, 2.24) is 4.98 Å². The van der Waals surface area contributed by atoms with Crippen LogP contribution in [0.1, 0.15) is 23.0 Å². The SMILES string of the molecule is CCOC(=O)c1ccc2[nH]c(C(F)(F)F)cc(=O)c2c1. The summed E-state index contributed by atoms with van der Waals surface area (Å²) in [6.07, 6.45) is -4.63. The molecule has 20 heavy (non-hydrogen) atoms. The average molecular weight is 285 g/mol. The number of pyridine rings is 1. The van der Waals surface area contributed by atoms with Crippen molar-refractivity contribution < 1.29 is 22.7 Å². The van der Waals surface area contributed by atoms with Crippen LogP contribution in [0.25, 0.3) is 10.9 Å². The van der Waals surface area contributed by atoms with Crippen LogP contribution in [0.3, 0.4) is 0 Å². The molecule has 0 saturated heterocycles. The third-order valence-electron chi connectivity index (χ3n) is 2.65. The Balaban J connectivity index is 2.58. The van der Waals surface area contributed by atoms with E-state index in [0.717, 1.165) is 0 Å². The van der Waals surface area contributed by atoms with Gasteiger partial charge in [0, 0.05) is 17.0 Å². The Morgan fingerprint density at radius 2 is 2.00 bits per heavy atom. The Labute approximate surface area is 111 Å². The van der Waals surface area contributed by atoms with Gasteiger partial charge in [-0.05, 0) is 25.1 Å². The van der Waals surface area contributed by atoms with Crippen molar-refractivity contribution in [3.05, 3.63) is 45.7 Å². The van der Waals surface area contributed by atoms with E-state index >= 15 is 0 Å². The fourth-order valence-electron chi connectivity index (χ4n) is 1.74. The molecule has 0 radical (unpaired) electrons. The number of hydrogen-bond donors (Lipinski definition) is 1. The maximum Gasteiger partial charge on any atom is 0.431 e. The van der Waals surface area contributed by atoms with Gasteiger partial charge in [-0.1, -0.05) is 0 Å². The number of aromatic nitrogens is 1. The second-order valence-electron chi connectivity index (χ2n) is 4.03. The zero-order valence-corrected chi connectivity index (χ0v) is 10.4. The first-order valence-corrected chi connectivity index (χ1v) is 5.74. The number of hydrogen-bond acceptors (Lipinski definition) is 3. The molecule has 0 spiro atoms. The largest absolute Gasteiger partial charge is 0.462 e. The number of rotatable bonds is 2. The summed E-state index contributed by atoms with van der Waals surface area (Å²) >= 11 is 0. The Hall–Kier alpha value is -2.31. The summed E-state index contributed by atoms with van der Waals surface area (Å²) < 4.78 is 42.4. The van der Waals surface area contributed by atoms with Gasteiger partial charge in [-0.3, -0.25) is 4.79 Å². The minimum Gasteiger partial charge on any atom is -0.462 e. The van der Waals surface area contributed by atoms with E-state index < -0.39 is 23.3 Å². The molecule has 0 aliphatic rings. The number of ether oxygens (including phenoxy) is 1. The van der Waals surface area contributed by atoms with E-state index in [9.17, 15) is 22.8 Å². The molecular formula is C13H10F3NO3. The number of aromatic amines is 1. The summed E-state index contributed by atoms with van der Waals surface area (Å²) in [5.74, 6) is -0.631. The lowest BCUT2D eigenvalue weighted by Gasteiger charge is -2.08. The van der Waals surface area contributed by atoms with Crippen LogP contribution >= 0.6 is 0 Å². The highest BCUT2D eigenvalue weighted by Gasteiger charge is 2.32. The monoisotopic (exact) mass is 285 g/mol. The van der Waals surface area contributed by atoms with Crippen LogP contribution in [-0.4, -0.2) is 17.6 Å². The number of alkyl halides is 3. The van der Waals surface area contributed by atoms with E-state index in [1.165, 1.54) is 18.2 Å². The number of fused-ring (bicyclic) bond motifs is 1. The molecule has 0 fully saturated rings. The molecule has 0 bridgehead atoms. The molecule has 2 rings (SSSR count). The molecule has 7 heteroatoms. The molecule has 0 atom stereocenters. The van der Waals surface area contributed by atoms with E-state index in [1.807, 2.05) is 0 Å². The molecule has 1 heterocycles. The van der Waals surface area contributed by atoms with Crippen molar-refractivity contribution >= 4 is 16.9 Å². The van der Waals surface area contributed by atoms with Gasteiger partial charge in [0.25, 0.3) is 0 Å². The molecule has 0 aliphatic carbocycles. The van der Waals surface area contributed by atoms with Crippen molar-refractivity contribution in [3.63, 3.8) is 0 Å². The Morgan fingerprint density at radius 1 is 1.30 bits per heavy atom. The summed E-state index contributed by atoms with van der Waals surface area (Å²) in [6, 6.07) is 4.23. The summed E-state index contributed by atoms with van der Waals surface area (Å²) in [5.41, 5.74) is -1.81. The van der Waals surface area contributed by atoms with Crippen molar-refractivity contribution in [2.45, 2.75) is 13.1 Å². The normalized spacial score (nSPS) is 11.6. The lowest BCUT2D eigenvalue weighted by Crippen LogP contribution is -2.14. The van der Waals surface area contributed by atoms with Crippen LogP contribution in [0.15, 0.2) is 29.1 Å². The summed E-state index contributed by atoms with van der Waals surface area (Å²) in [5, 5.41) is 0.00329. The number of halogens is 3. The Kier molecular flexibility index (Phi) is 3.52. The maximum absolute atomic E-state index is 12.6. The van der Waals surface area contributed by atoms with Crippen LogP contribution in [0.2, 0.25) is 0 Å². The highest BCUT2D eigenvalue weighted by Crippen LogP contribution is 2.27. The molecule has 0 saturated carbocycles. The molecule has 106 valence electrons.